The van der Waals surface area contributed by atoms with Gasteiger partial charge in [0.2, 0.25) is 5.91 Å². The van der Waals surface area contributed by atoms with Crippen molar-refractivity contribution in [2.75, 3.05) is 19.6 Å². The summed E-state index contributed by atoms with van der Waals surface area (Å²) in [5.41, 5.74) is 6.26. The minimum Gasteiger partial charge on any atom is -0.352 e. The summed E-state index contributed by atoms with van der Waals surface area (Å²) >= 11 is 0. The Morgan fingerprint density at radius 3 is 2.47 bits per heavy atom. The Balaban J connectivity index is 1.75. The zero-order valence-corrected chi connectivity index (χ0v) is 12.6. The van der Waals surface area contributed by atoms with Crippen molar-refractivity contribution < 1.29 is 4.79 Å². The van der Waals surface area contributed by atoms with Gasteiger partial charge in [-0.05, 0) is 43.7 Å². The van der Waals surface area contributed by atoms with Gasteiger partial charge in [-0.1, -0.05) is 20.8 Å². The lowest BCUT2D eigenvalue weighted by molar-refractivity contribution is -0.123. The van der Waals surface area contributed by atoms with E-state index >= 15 is 0 Å². The third-order valence-corrected chi connectivity index (χ3v) is 4.32. The van der Waals surface area contributed by atoms with Gasteiger partial charge in [-0.3, -0.25) is 4.79 Å². The van der Waals surface area contributed by atoms with Crippen LogP contribution in [0.1, 0.15) is 46.5 Å². The van der Waals surface area contributed by atoms with Crippen LogP contribution in [0, 0.1) is 11.3 Å². The number of carbonyl (C=O) groups excluding carboxylic acids is 1. The number of nitrogens with zero attached hydrogens (tertiary/aromatic N) is 1. The van der Waals surface area contributed by atoms with Crippen LogP contribution in [-0.2, 0) is 4.79 Å². The van der Waals surface area contributed by atoms with Gasteiger partial charge in [0.1, 0.15) is 0 Å². The summed E-state index contributed by atoms with van der Waals surface area (Å²) in [5, 5.41) is 3.21. The highest BCUT2D eigenvalue weighted by Gasteiger charge is 2.34. The van der Waals surface area contributed by atoms with Crippen LogP contribution in [0.4, 0.5) is 0 Å². The predicted molar refractivity (Wildman–Crippen MR) is 77.8 cm³/mol. The maximum atomic E-state index is 12.1. The number of nitrogens with two attached hydrogens (primary N) is 1. The Bertz CT molecular complexity index is 316. The summed E-state index contributed by atoms with van der Waals surface area (Å²) in [6.45, 7) is 9.94. The van der Waals surface area contributed by atoms with Crippen LogP contribution in [-0.4, -0.2) is 42.5 Å². The van der Waals surface area contributed by atoms with E-state index in [0.29, 0.717) is 18.4 Å². The molecule has 3 heterocycles. The summed E-state index contributed by atoms with van der Waals surface area (Å²) < 4.78 is 0. The normalized spacial score (nSPS) is 32.1. The van der Waals surface area contributed by atoms with E-state index in [2.05, 4.69) is 31.0 Å². The minimum absolute atomic E-state index is 0.0268. The van der Waals surface area contributed by atoms with Crippen molar-refractivity contribution in [2.45, 2.75) is 58.5 Å². The van der Waals surface area contributed by atoms with E-state index in [-0.39, 0.29) is 17.4 Å². The Hall–Kier alpha value is -0.610. The molecule has 3 fully saturated rings. The fraction of sp³-hybridized carbons (Fsp3) is 0.933. The van der Waals surface area contributed by atoms with Gasteiger partial charge in [-0.15, -0.1) is 0 Å². The lowest BCUT2D eigenvalue weighted by Gasteiger charge is -2.45. The molecule has 2 atom stereocenters. The van der Waals surface area contributed by atoms with Gasteiger partial charge in [0.25, 0.3) is 0 Å². The number of hydrogen-bond acceptors (Lipinski definition) is 3. The van der Waals surface area contributed by atoms with Gasteiger partial charge >= 0.3 is 0 Å². The van der Waals surface area contributed by atoms with E-state index in [9.17, 15) is 4.79 Å². The molecule has 2 unspecified atom stereocenters. The molecule has 0 radical (unpaired) electrons. The number of fused-ring (bicyclic) bond motifs is 3. The first kappa shape index (κ1) is 14.8. The highest BCUT2D eigenvalue weighted by Crippen LogP contribution is 2.27. The molecule has 0 aliphatic carbocycles. The van der Waals surface area contributed by atoms with E-state index in [1.165, 1.54) is 25.9 Å². The highest BCUT2D eigenvalue weighted by molar-refractivity contribution is 5.77. The lowest BCUT2D eigenvalue weighted by atomic mass is 9.83. The van der Waals surface area contributed by atoms with Crippen LogP contribution in [0.25, 0.3) is 0 Å². The van der Waals surface area contributed by atoms with Crippen molar-refractivity contribution in [1.82, 2.24) is 10.2 Å². The Morgan fingerprint density at radius 2 is 2.00 bits per heavy atom. The molecular weight excluding hydrogens is 238 g/mol. The van der Waals surface area contributed by atoms with Crippen LogP contribution in [0.2, 0.25) is 0 Å². The number of carbonyl (C=O) groups is 1. The largest absolute Gasteiger partial charge is 0.352 e. The van der Waals surface area contributed by atoms with Gasteiger partial charge in [-0.2, -0.15) is 0 Å². The van der Waals surface area contributed by atoms with E-state index in [4.69, 9.17) is 5.73 Å². The van der Waals surface area contributed by atoms with E-state index < -0.39 is 0 Å². The molecule has 3 aliphatic heterocycles. The Labute approximate surface area is 117 Å². The molecule has 3 aliphatic rings. The molecule has 0 saturated carbocycles. The zero-order chi connectivity index (χ0) is 14.0. The van der Waals surface area contributed by atoms with Gasteiger partial charge in [0.15, 0.2) is 0 Å². The molecule has 110 valence electrons. The molecule has 4 nitrogen and oxygen atoms in total. The van der Waals surface area contributed by atoms with E-state index in [1.807, 2.05) is 0 Å². The third kappa shape index (κ3) is 4.46. The summed E-state index contributed by atoms with van der Waals surface area (Å²) in [7, 11) is 0. The van der Waals surface area contributed by atoms with Gasteiger partial charge in [0.05, 0.1) is 0 Å². The molecule has 4 heteroatoms. The number of piperidine rings is 3. The lowest BCUT2D eigenvalue weighted by Crippen LogP contribution is -2.57. The Morgan fingerprint density at radius 1 is 1.37 bits per heavy atom. The number of rotatable bonds is 4. The van der Waals surface area contributed by atoms with Gasteiger partial charge in [0, 0.05) is 25.0 Å². The fourth-order valence-electron chi connectivity index (χ4n) is 3.49. The van der Waals surface area contributed by atoms with Gasteiger partial charge in [-0.25, -0.2) is 0 Å². The molecule has 3 rings (SSSR count). The predicted octanol–water partition coefficient (Wildman–Crippen LogP) is 1.35. The monoisotopic (exact) mass is 267 g/mol. The van der Waals surface area contributed by atoms with Crippen LogP contribution >= 0.6 is 0 Å². The number of nitrogens with one attached hydrogen (secondary N) is 1. The first-order valence-electron chi connectivity index (χ1n) is 7.61. The topological polar surface area (TPSA) is 58.4 Å². The van der Waals surface area contributed by atoms with E-state index in [0.717, 1.165) is 13.0 Å². The molecule has 0 aromatic rings. The molecule has 0 aromatic carbocycles. The smallest absolute Gasteiger partial charge is 0.221 e. The molecular formula is C15H29N3O. The minimum atomic E-state index is -0.0268. The standard InChI is InChI=1S/C15H29N3O/c1-15(2,3)9-12(16)8-14(19)17-13-10-18-6-4-11(13)5-7-18/h11-13H,4-10,16H2,1-3H3,(H,17,19). The average Bonchev–Trinajstić information content (AvgIpc) is 2.27. The first-order valence-corrected chi connectivity index (χ1v) is 7.61. The summed E-state index contributed by atoms with van der Waals surface area (Å²) in [6.07, 6.45) is 3.82. The maximum absolute atomic E-state index is 12.1. The molecule has 0 aromatic heterocycles. The molecule has 1 amide bonds. The summed E-state index contributed by atoms with van der Waals surface area (Å²) in [5.74, 6) is 0.822. The zero-order valence-electron chi connectivity index (χ0n) is 12.6. The molecule has 0 spiro atoms. The number of hydrogen-bond donors (Lipinski definition) is 2. The van der Waals surface area contributed by atoms with E-state index in [1.54, 1.807) is 0 Å². The van der Waals surface area contributed by atoms with Crippen LogP contribution < -0.4 is 11.1 Å². The highest BCUT2D eigenvalue weighted by atomic mass is 16.1. The average molecular weight is 267 g/mol. The van der Waals surface area contributed by atoms with Crippen molar-refractivity contribution in [2.24, 2.45) is 17.1 Å². The fourth-order valence-corrected chi connectivity index (χ4v) is 3.49. The molecule has 3 saturated heterocycles. The second-order valence-electron chi connectivity index (χ2n) is 7.54. The van der Waals surface area contributed by atoms with Gasteiger partial charge < -0.3 is 16.0 Å². The van der Waals surface area contributed by atoms with Crippen molar-refractivity contribution in [3.8, 4) is 0 Å². The first-order chi connectivity index (χ1) is 8.83. The van der Waals surface area contributed by atoms with Crippen LogP contribution in [0.5, 0.6) is 0 Å². The molecule has 19 heavy (non-hydrogen) atoms. The number of amides is 1. The molecule has 2 bridgehead atoms. The quantitative estimate of drug-likeness (QED) is 0.808. The SMILES string of the molecule is CC(C)(C)CC(N)CC(=O)NC1CN2CCC1CC2. The van der Waals surface area contributed by atoms with Crippen molar-refractivity contribution in [3.63, 3.8) is 0 Å². The second kappa shape index (κ2) is 5.80. The van der Waals surface area contributed by atoms with Crippen LogP contribution in [0.3, 0.4) is 0 Å². The van der Waals surface area contributed by atoms with Crippen molar-refractivity contribution in [1.29, 1.82) is 0 Å². The van der Waals surface area contributed by atoms with Crippen LogP contribution in [0.15, 0.2) is 0 Å². The molecule has 3 N–H and O–H groups in total. The van der Waals surface area contributed by atoms with Crippen molar-refractivity contribution in [3.05, 3.63) is 0 Å². The Kier molecular flexibility index (Phi) is 4.51. The third-order valence-electron chi connectivity index (χ3n) is 4.32. The summed E-state index contributed by atoms with van der Waals surface area (Å²) in [6, 6.07) is 0.331. The maximum Gasteiger partial charge on any atom is 0.221 e. The second-order valence-corrected chi connectivity index (χ2v) is 7.54. The van der Waals surface area contributed by atoms with Crippen molar-refractivity contribution >= 4 is 5.91 Å². The summed E-state index contributed by atoms with van der Waals surface area (Å²) in [4.78, 5) is 14.5.